The Bertz CT molecular complexity index is 660. The van der Waals surface area contributed by atoms with Crippen LogP contribution >= 0.6 is 45.8 Å². The molecule has 0 fully saturated rings. The van der Waals surface area contributed by atoms with Gasteiger partial charge in [0, 0.05) is 17.1 Å². The Morgan fingerprint density at radius 1 is 1.24 bits per heavy atom. The van der Waals surface area contributed by atoms with Crippen LogP contribution in [0.4, 0.5) is 5.82 Å². The summed E-state index contributed by atoms with van der Waals surface area (Å²) in [5, 5.41) is 4.49. The zero-order valence-corrected chi connectivity index (χ0v) is 15.7. The summed E-state index contributed by atoms with van der Waals surface area (Å²) in [5.41, 5.74) is 1.76. The highest BCUT2D eigenvalue weighted by atomic mass is 127. The number of aromatic nitrogens is 2. The lowest BCUT2D eigenvalue weighted by Gasteiger charge is -2.15. The van der Waals surface area contributed by atoms with E-state index in [-0.39, 0.29) is 0 Å². The normalized spacial score (nSPS) is 11.0. The van der Waals surface area contributed by atoms with Crippen molar-refractivity contribution >= 4 is 51.6 Å². The first-order chi connectivity index (χ1) is 9.93. The number of nitrogens with zero attached hydrogens (tertiary/aromatic N) is 2. The van der Waals surface area contributed by atoms with Crippen LogP contribution in [-0.4, -0.2) is 16.5 Å². The van der Waals surface area contributed by atoms with Crippen LogP contribution in [0.2, 0.25) is 10.0 Å². The van der Waals surface area contributed by atoms with Gasteiger partial charge in [0.15, 0.2) is 5.82 Å². The summed E-state index contributed by atoms with van der Waals surface area (Å²) in [4.78, 5) is 9.29. The molecule has 21 heavy (non-hydrogen) atoms. The molecule has 1 heterocycles. The summed E-state index contributed by atoms with van der Waals surface area (Å²) < 4.78 is 1.05. The fraction of sp³-hybridized carbons (Fsp3) is 0.333. The van der Waals surface area contributed by atoms with Crippen molar-refractivity contribution in [3.63, 3.8) is 0 Å². The number of rotatable bonds is 4. The minimum atomic E-state index is 0.300. The minimum Gasteiger partial charge on any atom is -0.369 e. The minimum absolute atomic E-state index is 0.300. The fourth-order valence-electron chi connectivity index (χ4n) is 1.92. The van der Waals surface area contributed by atoms with E-state index in [9.17, 15) is 0 Å². The Kier molecular flexibility index (Phi) is 5.68. The van der Waals surface area contributed by atoms with E-state index in [1.807, 2.05) is 6.92 Å². The Labute approximate surface area is 148 Å². The maximum Gasteiger partial charge on any atom is 0.163 e. The van der Waals surface area contributed by atoms with Gasteiger partial charge in [-0.25, -0.2) is 9.97 Å². The number of hydrogen-bond acceptors (Lipinski definition) is 3. The molecule has 2 rings (SSSR count). The maximum absolute atomic E-state index is 6.27. The van der Waals surface area contributed by atoms with E-state index in [1.165, 1.54) is 0 Å². The van der Waals surface area contributed by atoms with E-state index in [0.29, 0.717) is 21.8 Å². The lowest BCUT2D eigenvalue weighted by Crippen LogP contribution is -2.09. The number of anilines is 1. The molecule has 1 aromatic carbocycles. The van der Waals surface area contributed by atoms with Gasteiger partial charge in [0.2, 0.25) is 0 Å². The smallest absolute Gasteiger partial charge is 0.163 e. The molecule has 0 saturated heterocycles. The summed E-state index contributed by atoms with van der Waals surface area (Å²) in [6.45, 7) is 7.07. The van der Waals surface area contributed by atoms with Gasteiger partial charge in [-0.1, -0.05) is 37.0 Å². The predicted octanol–water partition coefficient (Wildman–Crippen LogP) is 5.61. The van der Waals surface area contributed by atoms with Crippen molar-refractivity contribution in [3.8, 4) is 11.4 Å². The van der Waals surface area contributed by atoms with Gasteiger partial charge < -0.3 is 5.32 Å². The molecule has 0 radical (unpaired) electrons. The van der Waals surface area contributed by atoms with E-state index in [1.54, 1.807) is 18.2 Å². The van der Waals surface area contributed by atoms with Gasteiger partial charge in [-0.2, -0.15) is 0 Å². The quantitative estimate of drug-likeness (QED) is 0.634. The number of halogens is 3. The molecule has 1 N–H and O–H groups in total. The summed E-state index contributed by atoms with van der Waals surface area (Å²) in [7, 11) is 0. The summed E-state index contributed by atoms with van der Waals surface area (Å²) in [5.74, 6) is 1.74. The van der Waals surface area contributed by atoms with E-state index in [0.717, 1.165) is 27.2 Å². The van der Waals surface area contributed by atoms with Gasteiger partial charge >= 0.3 is 0 Å². The number of nitrogens with one attached hydrogen (secondary N) is 1. The topological polar surface area (TPSA) is 37.8 Å². The van der Waals surface area contributed by atoms with E-state index in [4.69, 9.17) is 23.2 Å². The Balaban J connectivity index is 2.65. The standard InChI is InChI=1S/C15H16Cl2IN3/c1-4-19-15-12(18)13(8(2)3)20-14(21-15)10-7-9(16)5-6-11(10)17/h5-8H,4H2,1-3H3,(H,19,20,21). The zero-order valence-electron chi connectivity index (χ0n) is 12.0. The Morgan fingerprint density at radius 3 is 2.57 bits per heavy atom. The highest BCUT2D eigenvalue weighted by Gasteiger charge is 2.17. The molecule has 112 valence electrons. The van der Waals surface area contributed by atoms with Crippen LogP contribution in [-0.2, 0) is 0 Å². The first-order valence-electron chi connectivity index (χ1n) is 6.70. The Hall–Kier alpha value is -0.590. The van der Waals surface area contributed by atoms with Crippen molar-refractivity contribution in [1.82, 2.24) is 9.97 Å². The first kappa shape index (κ1) is 16.8. The molecule has 0 bridgehead atoms. The molecule has 0 saturated carbocycles. The molecule has 0 amide bonds. The molecular formula is C15H16Cl2IN3. The monoisotopic (exact) mass is 435 g/mol. The van der Waals surface area contributed by atoms with Gasteiger partial charge in [0.05, 0.1) is 14.3 Å². The van der Waals surface area contributed by atoms with Crippen LogP contribution in [0.1, 0.15) is 32.4 Å². The van der Waals surface area contributed by atoms with E-state index >= 15 is 0 Å². The van der Waals surface area contributed by atoms with Crippen LogP contribution < -0.4 is 5.32 Å². The zero-order chi connectivity index (χ0) is 15.6. The molecule has 0 aliphatic heterocycles. The lowest BCUT2D eigenvalue weighted by molar-refractivity contribution is 0.808. The molecule has 0 spiro atoms. The highest BCUT2D eigenvalue weighted by molar-refractivity contribution is 14.1. The van der Waals surface area contributed by atoms with E-state index in [2.05, 4.69) is 51.7 Å². The van der Waals surface area contributed by atoms with Crippen molar-refractivity contribution in [1.29, 1.82) is 0 Å². The molecule has 0 aliphatic carbocycles. The van der Waals surface area contributed by atoms with Crippen molar-refractivity contribution < 1.29 is 0 Å². The summed E-state index contributed by atoms with van der Waals surface area (Å²) in [6, 6.07) is 5.32. The molecule has 0 aliphatic rings. The van der Waals surface area contributed by atoms with Crippen molar-refractivity contribution in [2.24, 2.45) is 0 Å². The first-order valence-corrected chi connectivity index (χ1v) is 8.54. The third kappa shape index (κ3) is 3.79. The van der Waals surface area contributed by atoms with Crippen LogP contribution in [0, 0.1) is 3.57 Å². The average Bonchev–Trinajstić information content (AvgIpc) is 2.43. The van der Waals surface area contributed by atoms with E-state index < -0.39 is 0 Å². The average molecular weight is 436 g/mol. The SMILES string of the molecule is CCNc1nc(-c2cc(Cl)ccc2Cl)nc(C(C)C)c1I. The lowest BCUT2D eigenvalue weighted by atomic mass is 10.1. The number of hydrogen-bond donors (Lipinski definition) is 1. The van der Waals surface area contributed by atoms with Crippen LogP contribution in [0.25, 0.3) is 11.4 Å². The second-order valence-corrected chi connectivity index (χ2v) is 6.83. The molecule has 2 aromatic rings. The predicted molar refractivity (Wildman–Crippen MR) is 98.5 cm³/mol. The Morgan fingerprint density at radius 2 is 1.95 bits per heavy atom. The second kappa shape index (κ2) is 7.11. The van der Waals surface area contributed by atoms with Crippen molar-refractivity contribution in [3.05, 3.63) is 37.5 Å². The summed E-state index contributed by atoms with van der Waals surface area (Å²) >= 11 is 14.6. The van der Waals surface area contributed by atoms with Crippen LogP contribution in [0.15, 0.2) is 18.2 Å². The molecule has 3 nitrogen and oxygen atoms in total. The van der Waals surface area contributed by atoms with Gasteiger partial charge in [-0.05, 0) is 53.6 Å². The molecule has 0 unspecified atom stereocenters. The molecular weight excluding hydrogens is 420 g/mol. The second-order valence-electron chi connectivity index (χ2n) is 4.90. The third-order valence-corrected chi connectivity index (χ3v) is 4.57. The molecule has 6 heteroatoms. The van der Waals surface area contributed by atoms with Crippen molar-refractivity contribution in [2.75, 3.05) is 11.9 Å². The third-order valence-electron chi connectivity index (χ3n) is 2.94. The largest absolute Gasteiger partial charge is 0.369 e. The van der Waals surface area contributed by atoms with Crippen molar-refractivity contribution in [2.45, 2.75) is 26.7 Å². The van der Waals surface area contributed by atoms with Gasteiger partial charge in [-0.15, -0.1) is 0 Å². The van der Waals surface area contributed by atoms with Crippen LogP contribution in [0.5, 0.6) is 0 Å². The van der Waals surface area contributed by atoms with Gasteiger partial charge in [0.25, 0.3) is 0 Å². The highest BCUT2D eigenvalue weighted by Crippen LogP contribution is 2.32. The summed E-state index contributed by atoms with van der Waals surface area (Å²) in [6.07, 6.45) is 0. The fourth-order valence-corrected chi connectivity index (χ4v) is 3.35. The van der Waals surface area contributed by atoms with Gasteiger partial charge in [0.1, 0.15) is 5.82 Å². The van der Waals surface area contributed by atoms with Gasteiger partial charge in [-0.3, -0.25) is 0 Å². The number of benzene rings is 1. The maximum atomic E-state index is 6.27. The molecule has 1 aromatic heterocycles. The molecule has 0 atom stereocenters. The van der Waals surface area contributed by atoms with Crippen LogP contribution in [0.3, 0.4) is 0 Å².